The summed E-state index contributed by atoms with van der Waals surface area (Å²) in [4.78, 5) is 2.21. The second kappa shape index (κ2) is 6.05. The third kappa shape index (κ3) is 3.37. The zero-order valence-corrected chi connectivity index (χ0v) is 12.9. The van der Waals surface area contributed by atoms with Gasteiger partial charge in [-0.15, -0.1) is 17.0 Å². The van der Waals surface area contributed by atoms with Gasteiger partial charge in [0.2, 0.25) is 0 Å². The van der Waals surface area contributed by atoms with E-state index in [1.807, 2.05) is 12.1 Å². The van der Waals surface area contributed by atoms with Gasteiger partial charge < -0.3 is 14.4 Å². The lowest BCUT2D eigenvalue weighted by Gasteiger charge is -2.29. The first-order valence-corrected chi connectivity index (χ1v) is 8.91. The van der Waals surface area contributed by atoms with Gasteiger partial charge in [-0.3, -0.25) is 0 Å². The van der Waals surface area contributed by atoms with Crippen LogP contribution in [0.3, 0.4) is 0 Å². The zero-order valence-electron chi connectivity index (χ0n) is 11.3. The highest BCUT2D eigenvalue weighted by Gasteiger charge is 2.10. The van der Waals surface area contributed by atoms with Crippen LogP contribution in [0.1, 0.15) is 0 Å². The summed E-state index contributed by atoms with van der Waals surface area (Å²) in [6.45, 7) is 3.14. The van der Waals surface area contributed by atoms with Crippen LogP contribution in [0.4, 0.5) is 11.4 Å². The topological polar surface area (TPSA) is 60.7 Å². The average Bonchev–Trinajstić information content (AvgIpc) is 3.04. The Balaban J connectivity index is 1.72. The van der Waals surface area contributed by atoms with Gasteiger partial charge >= 0.3 is 0 Å². The summed E-state index contributed by atoms with van der Waals surface area (Å²) in [7, 11) is -3.60. The van der Waals surface area contributed by atoms with Gasteiger partial charge in [-0.25, -0.2) is 8.42 Å². The largest absolute Gasteiger partial charge is 0.572 e. The van der Waals surface area contributed by atoms with Crippen LogP contribution in [-0.2, 0) is 14.8 Å². The van der Waals surface area contributed by atoms with Gasteiger partial charge in [0, 0.05) is 18.8 Å². The SMILES string of the molecule is O=S(=O)([N-]c1ccc(N2CCOCC2)cc1)c1cccs1. The van der Waals surface area contributed by atoms with Crippen molar-refractivity contribution < 1.29 is 13.2 Å². The lowest BCUT2D eigenvalue weighted by atomic mass is 10.2. The van der Waals surface area contributed by atoms with E-state index in [4.69, 9.17) is 4.74 Å². The monoisotopic (exact) mass is 323 g/mol. The maximum absolute atomic E-state index is 12.1. The number of ether oxygens (including phenoxy) is 1. The smallest absolute Gasteiger partial charge is 0.132 e. The molecule has 0 unspecified atom stereocenters. The fourth-order valence-electron chi connectivity index (χ4n) is 2.14. The summed E-state index contributed by atoms with van der Waals surface area (Å²) in [5.41, 5.74) is 1.51. The van der Waals surface area contributed by atoms with E-state index < -0.39 is 10.0 Å². The molecule has 21 heavy (non-hydrogen) atoms. The van der Waals surface area contributed by atoms with Crippen LogP contribution in [0.5, 0.6) is 0 Å². The molecule has 2 heterocycles. The van der Waals surface area contributed by atoms with Crippen LogP contribution in [0, 0.1) is 0 Å². The first-order valence-electron chi connectivity index (χ1n) is 6.59. The van der Waals surface area contributed by atoms with Crippen LogP contribution in [0.15, 0.2) is 46.0 Å². The van der Waals surface area contributed by atoms with E-state index in [1.54, 1.807) is 29.6 Å². The highest BCUT2D eigenvalue weighted by Crippen LogP contribution is 2.31. The molecule has 7 heteroatoms. The fraction of sp³-hybridized carbons (Fsp3) is 0.286. The molecule has 3 rings (SSSR count). The summed E-state index contributed by atoms with van der Waals surface area (Å²) < 4.78 is 33.6. The number of thiophene rings is 1. The molecule has 5 nitrogen and oxygen atoms in total. The van der Waals surface area contributed by atoms with Gasteiger partial charge in [0.1, 0.15) is 14.2 Å². The Hall–Kier alpha value is -1.57. The van der Waals surface area contributed by atoms with Crippen molar-refractivity contribution in [1.82, 2.24) is 0 Å². The van der Waals surface area contributed by atoms with Crippen molar-refractivity contribution in [3.8, 4) is 0 Å². The Morgan fingerprint density at radius 3 is 2.43 bits per heavy atom. The lowest BCUT2D eigenvalue weighted by Crippen LogP contribution is -2.36. The fourth-order valence-corrected chi connectivity index (χ4v) is 4.09. The maximum atomic E-state index is 12.1. The van der Waals surface area contributed by atoms with Crippen LogP contribution >= 0.6 is 11.3 Å². The highest BCUT2D eigenvalue weighted by molar-refractivity contribution is 7.96. The predicted octanol–water partition coefficient (Wildman–Crippen LogP) is 2.98. The Kier molecular flexibility index (Phi) is 4.14. The van der Waals surface area contributed by atoms with E-state index in [1.165, 1.54) is 11.3 Å². The molecule has 1 aliphatic heterocycles. The van der Waals surface area contributed by atoms with E-state index in [0.29, 0.717) is 5.69 Å². The van der Waals surface area contributed by atoms with E-state index in [9.17, 15) is 8.42 Å². The summed E-state index contributed by atoms with van der Waals surface area (Å²) >= 11 is 1.17. The van der Waals surface area contributed by atoms with Crippen molar-refractivity contribution in [2.75, 3.05) is 31.2 Å². The van der Waals surface area contributed by atoms with E-state index in [2.05, 4.69) is 9.62 Å². The number of nitrogens with zero attached hydrogens (tertiary/aromatic N) is 2. The highest BCUT2D eigenvalue weighted by atomic mass is 32.2. The van der Waals surface area contributed by atoms with Crippen LogP contribution in [-0.4, -0.2) is 34.7 Å². The molecular formula is C14H15N2O3S2-. The van der Waals surface area contributed by atoms with Gasteiger partial charge in [-0.05, 0) is 23.6 Å². The molecule has 2 aromatic rings. The van der Waals surface area contributed by atoms with Crippen molar-refractivity contribution >= 4 is 32.7 Å². The lowest BCUT2D eigenvalue weighted by molar-refractivity contribution is 0.122. The molecule has 0 N–H and O–H groups in total. The number of rotatable bonds is 4. The number of sulfonamides is 1. The van der Waals surface area contributed by atoms with Crippen molar-refractivity contribution in [3.63, 3.8) is 0 Å². The molecule has 1 aliphatic rings. The summed E-state index contributed by atoms with van der Waals surface area (Å²) in [5, 5.41) is 1.73. The first kappa shape index (κ1) is 14.4. The Morgan fingerprint density at radius 2 is 1.81 bits per heavy atom. The molecule has 1 saturated heterocycles. The Morgan fingerprint density at radius 1 is 1.10 bits per heavy atom. The number of hydrogen-bond acceptors (Lipinski definition) is 5. The molecule has 0 amide bonds. The minimum atomic E-state index is -3.60. The van der Waals surface area contributed by atoms with E-state index in [0.717, 1.165) is 32.0 Å². The average molecular weight is 323 g/mol. The number of hydrogen-bond donors (Lipinski definition) is 0. The predicted molar refractivity (Wildman–Crippen MR) is 84.0 cm³/mol. The van der Waals surface area contributed by atoms with E-state index >= 15 is 0 Å². The zero-order chi connectivity index (χ0) is 14.7. The summed E-state index contributed by atoms with van der Waals surface area (Å²) in [6.07, 6.45) is 0. The van der Waals surface area contributed by atoms with Crippen molar-refractivity contribution in [3.05, 3.63) is 46.5 Å². The van der Waals surface area contributed by atoms with Crippen molar-refractivity contribution in [2.24, 2.45) is 0 Å². The van der Waals surface area contributed by atoms with Gasteiger partial charge in [0.25, 0.3) is 0 Å². The molecule has 1 aromatic carbocycles. The first-order chi connectivity index (χ1) is 10.1. The number of benzene rings is 1. The molecule has 0 bridgehead atoms. The molecule has 0 aliphatic carbocycles. The second-order valence-corrected chi connectivity index (χ2v) is 7.39. The van der Waals surface area contributed by atoms with Crippen LogP contribution in [0.25, 0.3) is 4.72 Å². The molecule has 112 valence electrons. The van der Waals surface area contributed by atoms with Gasteiger partial charge in [0.15, 0.2) is 0 Å². The molecule has 0 spiro atoms. The molecular weight excluding hydrogens is 308 g/mol. The molecule has 0 saturated carbocycles. The van der Waals surface area contributed by atoms with Gasteiger partial charge in [-0.1, -0.05) is 18.2 Å². The third-order valence-electron chi connectivity index (χ3n) is 3.20. The molecule has 0 atom stereocenters. The Bertz CT molecular complexity index is 676. The second-order valence-electron chi connectivity index (χ2n) is 4.61. The van der Waals surface area contributed by atoms with Crippen molar-refractivity contribution in [2.45, 2.75) is 4.21 Å². The maximum Gasteiger partial charge on any atom is 0.132 e. The number of anilines is 1. The third-order valence-corrected chi connectivity index (χ3v) is 5.88. The summed E-state index contributed by atoms with van der Waals surface area (Å²) in [6, 6.07) is 10.5. The minimum absolute atomic E-state index is 0.264. The molecule has 1 fully saturated rings. The summed E-state index contributed by atoms with van der Waals surface area (Å²) in [5.74, 6) is 0. The Labute approximate surface area is 128 Å². The number of morpholine rings is 1. The van der Waals surface area contributed by atoms with Crippen LogP contribution in [0.2, 0.25) is 0 Å². The van der Waals surface area contributed by atoms with Gasteiger partial charge in [-0.2, -0.15) is 0 Å². The van der Waals surface area contributed by atoms with Crippen molar-refractivity contribution in [1.29, 1.82) is 0 Å². The van der Waals surface area contributed by atoms with Crippen LogP contribution < -0.4 is 4.90 Å². The normalized spacial score (nSPS) is 15.9. The minimum Gasteiger partial charge on any atom is -0.572 e. The van der Waals surface area contributed by atoms with Gasteiger partial charge in [0.05, 0.1) is 13.2 Å². The van der Waals surface area contributed by atoms with E-state index in [-0.39, 0.29) is 4.21 Å². The molecule has 0 radical (unpaired) electrons. The standard InChI is InChI=1S/C14H15N2O3S2/c17-21(18,14-2-1-11-20-14)15-12-3-5-13(6-4-12)16-7-9-19-10-8-16/h1-6,11H,7-10H2/q-1. The quantitative estimate of drug-likeness (QED) is 0.868. The molecule has 1 aromatic heterocycles.